The third-order valence-electron chi connectivity index (χ3n) is 5.39. The average molecular weight is 496 g/mol. The number of ether oxygens (including phenoxy) is 1. The number of benzene rings is 1. The molecule has 0 fully saturated rings. The number of hydrogen-bond donors (Lipinski definition) is 3. The van der Waals surface area contributed by atoms with Crippen LogP contribution in [-0.2, 0) is 10.0 Å². The summed E-state index contributed by atoms with van der Waals surface area (Å²) >= 11 is 0. The van der Waals surface area contributed by atoms with Crippen LogP contribution in [0.25, 0.3) is 0 Å². The molecule has 9 nitrogen and oxygen atoms in total. The number of carbonyl (C=O) groups is 1. The number of hydrogen-bond acceptors (Lipinski definition) is 6. The third-order valence-corrected chi connectivity index (χ3v) is 7.41. The molecule has 1 aliphatic heterocycles. The van der Waals surface area contributed by atoms with E-state index in [0.29, 0.717) is 5.56 Å². The number of rotatable bonds is 5. The van der Waals surface area contributed by atoms with E-state index in [-0.39, 0.29) is 48.3 Å². The van der Waals surface area contributed by atoms with Gasteiger partial charge in [0.05, 0.1) is 13.2 Å². The molecule has 3 atom stereocenters. The molecule has 1 aromatic rings. The van der Waals surface area contributed by atoms with Crippen LogP contribution >= 0.6 is 0 Å². The van der Waals surface area contributed by atoms with Crippen molar-refractivity contribution in [2.45, 2.75) is 70.2 Å². The van der Waals surface area contributed by atoms with E-state index in [1.807, 2.05) is 20.8 Å². The predicted octanol–water partition coefficient (Wildman–Crippen LogP) is 1.63. The highest BCUT2D eigenvalue weighted by atomic mass is 32.2. The summed E-state index contributed by atoms with van der Waals surface area (Å²) in [4.78, 5) is 13.9. The van der Waals surface area contributed by atoms with Crippen LogP contribution in [-0.4, -0.2) is 84.4 Å². The van der Waals surface area contributed by atoms with E-state index in [4.69, 9.17) is 4.74 Å². The van der Waals surface area contributed by atoms with Crippen molar-refractivity contribution < 1.29 is 28.2 Å². The topological polar surface area (TPSA) is 119 Å². The summed E-state index contributed by atoms with van der Waals surface area (Å²) in [5, 5.41) is 22.5. The van der Waals surface area contributed by atoms with Crippen LogP contribution in [0.5, 0.6) is 5.75 Å². The van der Waals surface area contributed by atoms with Gasteiger partial charge in [0, 0.05) is 37.2 Å². The highest BCUT2D eigenvalue weighted by Crippen LogP contribution is 2.34. The maximum absolute atomic E-state index is 13.5. The largest absolute Gasteiger partial charge is 0.487 e. The fourth-order valence-electron chi connectivity index (χ4n) is 3.46. The molecular weight excluding hydrogens is 458 g/mol. The molecule has 0 bridgehead atoms. The smallest absolute Gasteiger partial charge is 0.317 e. The molecule has 1 aromatic carbocycles. The van der Waals surface area contributed by atoms with Crippen molar-refractivity contribution in [1.82, 2.24) is 14.5 Å². The number of carbonyl (C=O) groups excluding carboxylic acids is 1. The van der Waals surface area contributed by atoms with E-state index < -0.39 is 27.8 Å². The van der Waals surface area contributed by atoms with Gasteiger partial charge < -0.3 is 25.2 Å². The van der Waals surface area contributed by atoms with Crippen LogP contribution in [0, 0.1) is 17.8 Å². The number of nitrogens with zero attached hydrogens (tertiary/aromatic N) is 2. The standard InChI is InChI=1S/C24H37N3O6S/c1-16(2)25-23(29)26(7)14-21-17(3)13-27(18(4)15-28)34(31,32)22-9-8-19(12-20(22)33-21)10-11-24(5,6)30/h8-9,12,16-18,21,28,30H,13-15H2,1-7H3,(H,25,29)/t17-,18+,21+/m0/s1. The number of fused-ring (bicyclic) bond motifs is 1. The first-order chi connectivity index (χ1) is 15.7. The highest BCUT2D eigenvalue weighted by Gasteiger charge is 2.38. The molecule has 1 heterocycles. The van der Waals surface area contributed by atoms with Gasteiger partial charge in [-0.05, 0) is 52.8 Å². The van der Waals surface area contributed by atoms with Crippen molar-refractivity contribution in [3.05, 3.63) is 23.8 Å². The Balaban J connectivity index is 2.55. The van der Waals surface area contributed by atoms with Gasteiger partial charge in [-0.3, -0.25) is 0 Å². The van der Waals surface area contributed by atoms with Gasteiger partial charge in [0.2, 0.25) is 10.0 Å². The van der Waals surface area contributed by atoms with Crippen molar-refractivity contribution >= 4 is 16.1 Å². The SMILES string of the molecule is CC(C)NC(=O)N(C)C[C@H]1Oc2cc(C#CC(C)(C)O)ccc2S(=O)(=O)N([C@H](C)CO)C[C@@H]1C. The van der Waals surface area contributed by atoms with E-state index >= 15 is 0 Å². The summed E-state index contributed by atoms with van der Waals surface area (Å²) in [6.07, 6.45) is -0.525. The van der Waals surface area contributed by atoms with Crippen molar-refractivity contribution in [3.8, 4) is 17.6 Å². The molecule has 2 amide bonds. The molecule has 0 saturated heterocycles. The molecule has 0 aliphatic carbocycles. The average Bonchev–Trinajstić information content (AvgIpc) is 2.73. The lowest BCUT2D eigenvalue weighted by Gasteiger charge is -2.37. The summed E-state index contributed by atoms with van der Waals surface area (Å²) in [5.41, 5.74) is -0.732. The minimum Gasteiger partial charge on any atom is -0.487 e. The summed E-state index contributed by atoms with van der Waals surface area (Å²) < 4.78 is 34.5. The zero-order valence-corrected chi connectivity index (χ0v) is 21.8. The lowest BCUT2D eigenvalue weighted by molar-refractivity contribution is 0.0809. The Hall–Kier alpha value is -2.32. The summed E-state index contributed by atoms with van der Waals surface area (Å²) in [6.45, 7) is 10.4. The van der Waals surface area contributed by atoms with Crippen molar-refractivity contribution in [2.24, 2.45) is 5.92 Å². The Bertz CT molecular complexity index is 1040. The van der Waals surface area contributed by atoms with Gasteiger partial charge >= 0.3 is 6.03 Å². The molecule has 2 rings (SSSR count). The lowest BCUT2D eigenvalue weighted by atomic mass is 10.0. The molecule has 0 unspecified atom stereocenters. The number of urea groups is 1. The molecule has 0 radical (unpaired) electrons. The monoisotopic (exact) mass is 495 g/mol. The molecule has 10 heteroatoms. The molecule has 190 valence electrons. The molecule has 0 spiro atoms. The summed E-state index contributed by atoms with van der Waals surface area (Å²) in [5.74, 6) is 5.38. The van der Waals surface area contributed by atoms with Gasteiger partial charge in [0.1, 0.15) is 22.4 Å². The zero-order valence-electron chi connectivity index (χ0n) is 21.0. The normalized spacial score (nSPS) is 21.2. The predicted molar refractivity (Wildman–Crippen MR) is 130 cm³/mol. The maximum atomic E-state index is 13.5. The second-order valence-corrected chi connectivity index (χ2v) is 11.6. The lowest BCUT2D eigenvalue weighted by Crippen LogP contribution is -2.51. The first-order valence-electron chi connectivity index (χ1n) is 11.4. The fourth-order valence-corrected chi connectivity index (χ4v) is 5.28. The van der Waals surface area contributed by atoms with Crippen molar-refractivity contribution in [1.29, 1.82) is 0 Å². The second kappa shape index (κ2) is 11.0. The van der Waals surface area contributed by atoms with Crippen LogP contribution in [0.4, 0.5) is 4.79 Å². The van der Waals surface area contributed by atoms with E-state index in [2.05, 4.69) is 17.2 Å². The van der Waals surface area contributed by atoms with Gasteiger partial charge in [0.25, 0.3) is 0 Å². The van der Waals surface area contributed by atoms with Gasteiger partial charge in [-0.1, -0.05) is 18.8 Å². The van der Waals surface area contributed by atoms with E-state index in [9.17, 15) is 23.4 Å². The Morgan fingerprint density at radius 1 is 1.35 bits per heavy atom. The van der Waals surface area contributed by atoms with E-state index in [1.54, 1.807) is 33.9 Å². The second-order valence-electron chi connectivity index (χ2n) is 9.70. The minimum absolute atomic E-state index is 0.0331. The quantitative estimate of drug-likeness (QED) is 0.534. The number of amides is 2. The summed E-state index contributed by atoms with van der Waals surface area (Å²) in [6, 6.07) is 3.59. The summed E-state index contributed by atoms with van der Waals surface area (Å²) in [7, 11) is -2.32. The van der Waals surface area contributed by atoms with Gasteiger partial charge in [0.15, 0.2) is 0 Å². The van der Waals surface area contributed by atoms with Crippen molar-refractivity contribution in [2.75, 3.05) is 26.7 Å². The minimum atomic E-state index is -3.97. The molecule has 34 heavy (non-hydrogen) atoms. The van der Waals surface area contributed by atoms with Crippen LogP contribution in [0.1, 0.15) is 47.1 Å². The molecule has 1 aliphatic rings. The number of aliphatic hydroxyl groups is 2. The van der Waals surface area contributed by atoms with Gasteiger partial charge in [-0.25, -0.2) is 13.2 Å². The number of sulfonamides is 1. The van der Waals surface area contributed by atoms with Crippen molar-refractivity contribution in [3.63, 3.8) is 0 Å². The molecule has 3 N–H and O–H groups in total. The first-order valence-corrected chi connectivity index (χ1v) is 12.8. The Kier molecular flexibility index (Phi) is 8.99. The Labute approximate surface area is 203 Å². The zero-order chi connectivity index (χ0) is 25.8. The highest BCUT2D eigenvalue weighted by molar-refractivity contribution is 7.89. The molecule has 0 saturated carbocycles. The number of aliphatic hydroxyl groups excluding tert-OH is 1. The van der Waals surface area contributed by atoms with Crippen LogP contribution < -0.4 is 10.1 Å². The van der Waals surface area contributed by atoms with Gasteiger partial charge in [-0.2, -0.15) is 4.31 Å². The van der Waals surface area contributed by atoms with Crippen LogP contribution in [0.3, 0.4) is 0 Å². The maximum Gasteiger partial charge on any atom is 0.317 e. The third kappa shape index (κ3) is 7.09. The molecule has 0 aromatic heterocycles. The Morgan fingerprint density at radius 3 is 2.56 bits per heavy atom. The fraction of sp³-hybridized carbons (Fsp3) is 0.625. The number of nitrogens with one attached hydrogen (secondary N) is 1. The Morgan fingerprint density at radius 2 is 2.00 bits per heavy atom. The molecular formula is C24H37N3O6S. The first kappa shape index (κ1) is 27.9. The number of likely N-dealkylation sites (N-methyl/N-ethyl adjacent to an activating group) is 1. The van der Waals surface area contributed by atoms with E-state index in [0.717, 1.165) is 0 Å². The van der Waals surface area contributed by atoms with Crippen LogP contribution in [0.15, 0.2) is 23.1 Å². The van der Waals surface area contributed by atoms with E-state index in [1.165, 1.54) is 21.3 Å². The van der Waals surface area contributed by atoms with Gasteiger partial charge in [-0.15, -0.1) is 0 Å². The van der Waals surface area contributed by atoms with Crippen LogP contribution in [0.2, 0.25) is 0 Å².